The van der Waals surface area contributed by atoms with Gasteiger partial charge in [0.05, 0.1) is 0 Å². The van der Waals surface area contributed by atoms with Crippen molar-refractivity contribution in [1.29, 1.82) is 0 Å². The van der Waals surface area contributed by atoms with E-state index in [1.54, 1.807) is 0 Å². The van der Waals surface area contributed by atoms with Gasteiger partial charge in [0.1, 0.15) is 0 Å². The quantitative estimate of drug-likeness (QED) is 0.217. The summed E-state index contributed by atoms with van der Waals surface area (Å²) in [6.07, 6.45) is 0. The highest BCUT2D eigenvalue weighted by atomic mass is 14.2. The molecule has 0 aliphatic rings. The van der Waals surface area contributed by atoms with E-state index in [0.717, 1.165) is 0 Å². The van der Waals surface area contributed by atoms with Crippen LogP contribution >= 0.6 is 0 Å². The van der Waals surface area contributed by atoms with Crippen molar-refractivity contribution in [1.82, 2.24) is 0 Å². The van der Waals surface area contributed by atoms with Crippen LogP contribution in [0.5, 0.6) is 0 Å². The van der Waals surface area contributed by atoms with Gasteiger partial charge in [0, 0.05) is 0 Å². The Balaban J connectivity index is 1.80. The normalized spacial score (nSPS) is 11.4. The molecule has 6 aromatic rings. The summed E-state index contributed by atoms with van der Waals surface area (Å²) < 4.78 is 0. The molecule has 6 aromatic carbocycles. The lowest BCUT2D eigenvalue weighted by molar-refractivity contribution is 1.30. The second-order valence-corrected chi connectivity index (χ2v) is 10.9. The maximum Gasteiger partial charge on any atom is -0.00137 e. The topological polar surface area (TPSA) is 0 Å². The van der Waals surface area contributed by atoms with Crippen LogP contribution in [0.15, 0.2) is 91.0 Å². The van der Waals surface area contributed by atoms with Gasteiger partial charge in [0.15, 0.2) is 0 Å². The predicted molar refractivity (Wildman–Crippen MR) is 165 cm³/mol. The van der Waals surface area contributed by atoms with E-state index < -0.39 is 0 Å². The van der Waals surface area contributed by atoms with E-state index in [4.69, 9.17) is 0 Å². The Kier molecular flexibility index (Phi) is 5.92. The van der Waals surface area contributed by atoms with Crippen molar-refractivity contribution in [3.8, 4) is 33.4 Å². The Morgan fingerprint density at radius 2 is 0.974 bits per heavy atom. The van der Waals surface area contributed by atoms with Gasteiger partial charge in [-0.2, -0.15) is 0 Å². The van der Waals surface area contributed by atoms with Gasteiger partial charge >= 0.3 is 0 Å². The van der Waals surface area contributed by atoms with E-state index in [-0.39, 0.29) is 0 Å². The van der Waals surface area contributed by atoms with Crippen molar-refractivity contribution in [3.05, 3.63) is 130 Å². The van der Waals surface area contributed by atoms with Gasteiger partial charge in [0.25, 0.3) is 0 Å². The molecule has 0 aromatic heterocycles. The lowest BCUT2D eigenvalue weighted by Gasteiger charge is -2.23. The van der Waals surface area contributed by atoms with Crippen molar-refractivity contribution >= 4 is 21.5 Å². The Bertz CT molecular complexity index is 1820. The van der Waals surface area contributed by atoms with Crippen molar-refractivity contribution in [3.63, 3.8) is 0 Å². The van der Waals surface area contributed by atoms with Crippen LogP contribution in [-0.4, -0.2) is 0 Å². The molecule has 0 heterocycles. The van der Waals surface area contributed by atoms with Gasteiger partial charge in [0.2, 0.25) is 0 Å². The summed E-state index contributed by atoms with van der Waals surface area (Å²) in [5.74, 6) is 0. The molecule has 0 unspecified atom stereocenters. The summed E-state index contributed by atoms with van der Waals surface area (Å²) in [6, 6.07) is 37.3. The molecule has 1 radical (unpaired) electrons. The van der Waals surface area contributed by atoms with E-state index in [1.807, 2.05) is 0 Å². The molecule has 0 amide bonds. The average Bonchev–Trinajstić information content (AvgIpc) is 2.88. The van der Waals surface area contributed by atoms with Crippen LogP contribution in [0, 0.1) is 47.6 Å². The number of fused-ring (bicyclic) bond motifs is 3. The standard InChI is InChI=1S/C38H33/c1-23-18-25(3)36(26(4)19-23)34-17-11-16-33(38(34)37-27(5)20-24(2)21-28(37)6)35-22-29-12-7-8-13-30(29)31-14-9-10-15-32(31)35/h7-15,17-22H,1-6H3. The zero-order valence-corrected chi connectivity index (χ0v) is 23.2. The van der Waals surface area contributed by atoms with Crippen molar-refractivity contribution in [2.75, 3.05) is 0 Å². The van der Waals surface area contributed by atoms with Crippen LogP contribution in [0.4, 0.5) is 0 Å². The lowest BCUT2D eigenvalue weighted by atomic mass is 9.80. The molecule has 38 heavy (non-hydrogen) atoms. The lowest BCUT2D eigenvalue weighted by Crippen LogP contribution is -1.99. The first kappa shape index (κ1) is 24.2. The van der Waals surface area contributed by atoms with Crippen LogP contribution < -0.4 is 0 Å². The summed E-state index contributed by atoms with van der Waals surface area (Å²) in [6.45, 7) is 13.4. The molecule has 185 valence electrons. The van der Waals surface area contributed by atoms with Gasteiger partial charge in [-0.25, -0.2) is 0 Å². The summed E-state index contributed by atoms with van der Waals surface area (Å²) in [5.41, 5.74) is 15.4. The fourth-order valence-corrected chi connectivity index (χ4v) is 6.62. The minimum atomic E-state index is 1.17. The Labute approximate surface area is 226 Å². The first-order valence-electron chi connectivity index (χ1n) is 13.5. The molecule has 0 aliphatic heterocycles. The van der Waals surface area contributed by atoms with E-state index in [9.17, 15) is 0 Å². The highest BCUT2D eigenvalue weighted by molar-refractivity contribution is 6.15. The number of rotatable bonds is 3. The molecule has 0 nitrogen and oxygen atoms in total. The molecule has 6 rings (SSSR count). The molecule has 0 fully saturated rings. The molecule has 0 N–H and O–H groups in total. The third kappa shape index (κ3) is 3.92. The van der Waals surface area contributed by atoms with E-state index in [0.29, 0.717) is 0 Å². The molecule has 0 heteroatoms. The van der Waals surface area contributed by atoms with Crippen LogP contribution in [-0.2, 0) is 0 Å². The van der Waals surface area contributed by atoms with E-state index >= 15 is 0 Å². The predicted octanol–water partition coefficient (Wildman–Crippen LogP) is 10.6. The highest BCUT2D eigenvalue weighted by Gasteiger charge is 2.21. The summed E-state index contributed by atoms with van der Waals surface area (Å²) >= 11 is 0. The first-order chi connectivity index (χ1) is 18.3. The van der Waals surface area contributed by atoms with Crippen molar-refractivity contribution < 1.29 is 0 Å². The fourth-order valence-electron chi connectivity index (χ4n) is 6.62. The van der Waals surface area contributed by atoms with Crippen LogP contribution in [0.25, 0.3) is 54.9 Å². The molecule has 0 saturated heterocycles. The molecular weight excluding hydrogens is 456 g/mol. The maximum atomic E-state index is 3.74. The monoisotopic (exact) mass is 489 g/mol. The van der Waals surface area contributed by atoms with Crippen LogP contribution in [0.1, 0.15) is 33.4 Å². The molecule has 0 aliphatic carbocycles. The fraction of sp³-hybridized carbons (Fsp3) is 0.158. The van der Waals surface area contributed by atoms with Crippen LogP contribution in [0.3, 0.4) is 0 Å². The smallest absolute Gasteiger partial charge is 0.00137 e. The number of hydrogen-bond acceptors (Lipinski definition) is 0. The minimum absolute atomic E-state index is 1.17. The number of aryl methyl sites for hydroxylation is 6. The molecular formula is C38H33. The van der Waals surface area contributed by atoms with E-state index in [1.165, 1.54) is 88.3 Å². The van der Waals surface area contributed by atoms with Gasteiger partial charge in [-0.1, -0.05) is 96.1 Å². The largest absolute Gasteiger partial charge is 0.0616 e. The van der Waals surface area contributed by atoms with Gasteiger partial charge < -0.3 is 0 Å². The van der Waals surface area contributed by atoms with Gasteiger partial charge in [-0.3, -0.25) is 0 Å². The van der Waals surface area contributed by atoms with Gasteiger partial charge in [-0.15, -0.1) is 0 Å². The Morgan fingerprint density at radius 1 is 0.447 bits per heavy atom. The van der Waals surface area contributed by atoms with E-state index in [2.05, 4.69) is 139 Å². The second kappa shape index (κ2) is 9.30. The third-order valence-electron chi connectivity index (χ3n) is 7.91. The van der Waals surface area contributed by atoms with Gasteiger partial charge in [-0.05, 0) is 131 Å². The Morgan fingerprint density at radius 3 is 1.61 bits per heavy atom. The number of benzene rings is 6. The highest BCUT2D eigenvalue weighted by Crippen LogP contribution is 2.46. The zero-order chi connectivity index (χ0) is 26.6. The molecule has 0 atom stereocenters. The van der Waals surface area contributed by atoms with Crippen molar-refractivity contribution in [2.24, 2.45) is 0 Å². The van der Waals surface area contributed by atoms with Crippen LogP contribution in [0.2, 0.25) is 0 Å². The first-order valence-corrected chi connectivity index (χ1v) is 13.5. The summed E-state index contributed by atoms with van der Waals surface area (Å²) in [7, 11) is 0. The maximum absolute atomic E-state index is 3.74. The Hall–Kier alpha value is -4.16. The molecule has 0 saturated carbocycles. The second-order valence-electron chi connectivity index (χ2n) is 10.9. The zero-order valence-electron chi connectivity index (χ0n) is 23.2. The average molecular weight is 490 g/mol. The third-order valence-corrected chi connectivity index (χ3v) is 7.91. The summed E-state index contributed by atoms with van der Waals surface area (Å²) in [4.78, 5) is 0. The molecule has 0 spiro atoms. The van der Waals surface area contributed by atoms with Crippen molar-refractivity contribution in [2.45, 2.75) is 41.5 Å². The number of hydrogen-bond donors (Lipinski definition) is 0. The minimum Gasteiger partial charge on any atom is -0.0616 e. The molecule has 0 bridgehead atoms. The summed E-state index contributed by atoms with van der Waals surface area (Å²) in [5, 5.41) is 5.09. The SMILES string of the molecule is Cc1cc(C)c(-c2cc[c]c(-c3cc4ccccc4c4ccccc34)c2-c2c(C)cc(C)cc2C)c(C)c1.